The minimum atomic E-state index is 0.471. The van der Waals surface area contributed by atoms with Crippen molar-refractivity contribution in [1.29, 1.82) is 0 Å². The maximum Gasteiger partial charge on any atom is 0.130 e. The molecular weight excluding hydrogens is 282 g/mol. The molecule has 1 aliphatic rings. The van der Waals surface area contributed by atoms with Crippen molar-refractivity contribution in [3.63, 3.8) is 0 Å². The fourth-order valence-electron chi connectivity index (χ4n) is 3.32. The average Bonchev–Trinajstić information content (AvgIpc) is 3.02. The van der Waals surface area contributed by atoms with Crippen LogP contribution in [-0.2, 0) is 6.54 Å². The monoisotopic (exact) mass is 309 g/mol. The van der Waals surface area contributed by atoms with Gasteiger partial charge in [0.1, 0.15) is 5.82 Å². The van der Waals surface area contributed by atoms with Crippen molar-refractivity contribution in [3.05, 3.63) is 59.8 Å². The second kappa shape index (κ2) is 7.60. The molecule has 0 amide bonds. The zero-order valence-corrected chi connectivity index (χ0v) is 14.2. The van der Waals surface area contributed by atoms with Crippen LogP contribution in [0.3, 0.4) is 0 Å². The summed E-state index contributed by atoms with van der Waals surface area (Å²) in [5.74, 6) is 1.68. The van der Waals surface area contributed by atoms with Gasteiger partial charge in [-0.2, -0.15) is 0 Å². The van der Waals surface area contributed by atoms with Gasteiger partial charge in [-0.15, -0.1) is 0 Å². The Balaban J connectivity index is 1.77. The van der Waals surface area contributed by atoms with E-state index in [2.05, 4.69) is 71.5 Å². The van der Waals surface area contributed by atoms with Crippen molar-refractivity contribution < 1.29 is 0 Å². The Kier molecular flexibility index (Phi) is 5.29. The molecule has 3 nitrogen and oxygen atoms in total. The molecule has 122 valence electrons. The van der Waals surface area contributed by atoms with Gasteiger partial charge in [0.15, 0.2) is 0 Å². The molecule has 0 radical (unpaired) electrons. The van der Waals surface area contributed by atoms with Crippen molar-refractivity contribution >= 4 is 5.82 Å². The van der Waals surface area contributed by atoms with Gasteiger partial charge in [0.2, 0.25) is 0 Å². The molecule has 1 saturated heterocycles. The lowest BCUT2D eigenvalue weighted by atomic mass is 10.0. The molecule has 1 atom stereocenters. The van der Waals surface area contributed by atoms with E-state index < -0.39 is 0 Å². The van der Waals surface area contributed by atoms with Gasteiger partial charge in [-0.3, -0.25) is 4.90 Å². The first kappa shape index (κ1) is 16.0. The van der Waals surface area contributed by atoms with E-state index in [1.54, 1.807) is 0 Å². The van der Waals surface area contributed by atoms with Gasteiger partial charge < -0.3 is 5.32 Å². The van der Waals surface area contributed by atoms with Crippen LogP contribution in [0.25, 0.3) is 0 Å². The van der Waals surface area contributed by atoms with E-state index >= 15 is 0 Å². The molecule has 1 N–H and O–H groups in total. The number of aromatic nitrogens is 1. The number of anilines is 1. The molecule has 3 rings (SSSR count). The Labute approximate surface area is 139 Å². The largest absolute Gasteiger partial charge is 0.370 e. The Morgan fingerprint density at radius 2 is 2.00 bits per heavy atom. The van der Waals surface area contributed by atoms with Crippen molar-refractivity contribution in [2.45, 2.75) is 39.3 Å². The molecule has 1 unspecified atom stereocenters. The first-order valence-corrected chi connectivity index (χ1v) is 8.71. The lowest BCUT2D eigenvalue weighted by Gasteiger charge is -2.26. The summed E-state index contributed by atoms with van der Waals surface area (Å²) >= 11 is 0. The highest BCUT2D eigenvalue weighted by Crippen LogP contribution is 2.36. The average molecular weight is 309 g/mol. The van der Waals surface area contributed by atoms with E-state index in [0.717, 1.165) is 25.5 Å². The predicted molar refractivity (Wildman–Crippen MR) is 96.4 cm³/mol. The number of nitrogens with one attached hydrogen (secondary N) is 1. The molecule has 0 saturated carbocycles. The highest BCUT2D eigenvalue weighted by Gasteiger charge is 2.28. The first-order chi connectivity index (χ1) is 11.2. The van der Waals surface area contributed by atoms with Crippen LogP contribution in [0.4, 0.5) is 5.82 Å². The van der Waals surface area contributed by atoms with Crippen LogP contribution in [0.5, 0.6) is 0 Å². The minimum absolute atomic E-state index is 0.471. The maximum absolute atomic E-state index is 4.60. The van der Waals surface area contributed by atoms with Crippen LogP contribution in [0.1, 0.15) is 43.9 Å². The summed E-state index contributed by atoms with van der Waals surface area (Å²) in [6.07, 6.45) is 4.37. The molecule has 3 heteroatoms. The summed E-state index contributed by atoms with van der Waals surface area (Å²) < 4.78 is 0. The number of hydrogen-bond acceptors (Lipinski definition) is 3. The molecule has 1 fully saturated rings. The summed E-state index contributed by atoms with van der Waals surface area (Å²) in [6.45, 7) is 7.61. The summed E-state index contributed by atoms with van der Waals surface area (Å²) in [5, 5.41) is 3.54. The zero-order chi connectivity index (χ0) is 16.1. The van der Waals surface area contributed by atoms with E-state index in [4.69, 9.17) is 0 Å². The van der Waals surface area contributed by atoms with Gasteiger partial charge in [0.05, 0.1) is 0 Å². The third-order valence-electron chi connectivity index (χ3n) is 4.47. The fraction of sp³-hybridized carbons (Fsp3) is 0.450. The van der Waals surface area contributed by atoms with Gasteiger partial charge in [-0.05, 0) is 36.9 Å². The zero-order valence-electron chi connectivity index (χ0n) is 14.2. The third kappa shape index (κ3) is 4.11. The highest BCUT2D eigenvalue weighted by molar-refractivity contribution is 5.46. The molecule has 0 aliphatic carbocycles. The standard InChI is InChI=1S/C20H27N3/c1-16(2)14-22-20-18(10-6-12-21-20)19-11-7-13-23(19)15-17-8-4-3-5-9-17/h3-6,8-10,12,16,19H,7,11,13-15H2,1-2H3,(H,21,22). The fourth-order valence-corrected chi connectivity index (χ4v) is 3.32. The lowest BCUT2D eigenvalue weighted by molar-refractivity contribution is 0.248. The molecule has 2 heterocycles. The molecule has 1 aromatic heterocycles. The SMILES string of the molecule is CC(C)CNc1ncccc1C1CCCN1Cc1ccccc1. The second-order valence-corrected chi connectivity index (χ2v) is 6.83. The maximum atomic E-state index is 4.60. The van der Waals surface area contributed by atoms with Crippen LogP contribution in [-0.4, -0.2) is 23.0 Å². The first-order valence-electron chi connectivity index (χ1n) is 8.71. The summed E-state index contributed by atoms with van der Waals surface area (Å²) in [5.41, 5.74) is 2.74. The van der Waals surface area contributed by atoms with E-state index in [1.165, 1.54) is 24.0 Å². The van der Waals surface area contributed by atoms with E-state index in [-0.39, 0.29) is 0 Å². The third-order valence-corrected chi connectivity index (χ3v) is 4.47. The molecular formula is C20H27N3. The van der Waals surface area contributed by atoms with E-state index in [0.29, 0.717) is 12.0 Å². The van der Waals surface area contributed by atoms with Crippen LogP contribution < -0.4 is 5.32 Å². The van der Waals surface area contributed by atoms with Crippen LogP contribution >= 0.6 is 0 Å². The quantitative estimate of drug-likeness (QED) is 0.852. The summed E-state index contributed by atoms with van der Waals surface area (Å²) in [6, 6.07) is 15.5. The highest BCUT2D eigenvalue weighted by atomic mass is 15.2. The Morgan fingerprint density at radius 1 is 1.17 bits per heavy atom. The van der Waals surface area contributed by atoms with E-state index in [1.807, 2.05) is 6.20 Å². The van der Waals surface area contributed by atoms with Crippen molar-refractivity contribution in [1.82, 2.24) is 9.88 Å². The number of rotatable bonds is 6. The molecule has 1 aliphatic heterocycles. The Morgan fingerprint density at radius 3 is 2.78 bits per heavy atom. The molecule has 1 aromatic carbocycles. The van der Waals surface area contributed by atoms with Gasteiger partial charge in [0, 0.05) is 30.9 Å². The smallest absolute Gasteiger partial charge is 0.130 e. The number of nitrogens with zero attached hydrogens (tertiary/aromatic N) is 2. The lowest BCUT2D eigenvalue weighted by Crippen LogP contribution is -2.24. The number of hydrogen-bond donors (Lipinski definition) is 1. The van der Waals surface area contributed by atoms with Gasteiger partial charge in [-0.25, -0.2) is 4.98 Å². The summed E-state index contributed by atoms with van der Waals surface area (Å²) in [7, 11) is 0. The Bertz CT molecular complexity index is 609. The predicted octanol–water partition coefficient (Wildman–Crippen LogP) is 4.49. The van der Waals surface area contributed by atoms with Crippen molar-refractivity contribution in [2.75, 3.05) is 18.4 Å². The van der Waals surface area contributed by atoms with Crippen LogP contribution in [0, 0.1) is 5.92 Å². The van der Waals surface area contributed by atoms with Gasteiger partial charge in [-0.1, -0.05) is 50.2 Å². The van der Waals surface area contributed by atoms with Crippen molar-refractivity contribution in [3.8, 4) is 0 Å². The Hall–Kier alpha value is -1.87. The number of benzene rings is 1. The molecule has 0 bridgehead atoms. The number of likely N-dealkylation sites (tertiary alicyclic amines) is 1. The molecule has 23 heavy (non-hydrogen) atoms. The second-order valence-electron chi connectivity index (χ2n) is 6.83. The topological polar surface area (TPSA) is 28.2 Å². The molecule has 0 spiro atoms. The normalized spacial score (nSPS) is 18.5. The van der Waals surface area contributed by atoms with E-state index in [9.17, 15) is 0 Å². The van der Waals surface area contributed by atoms with Crippen LogP contribution in [0.15, 0.2) is 48.7 Å². The van der Waals surface area contributed by atoms with Crippen molar-refractivity contribution in [2.24, 2.45) is 5.92 Å². The molecule has 2 aromatic rings. The minimum Gasteiger partial charge on any atom is -0.370 e. The van der Waals surface area contributed by atoms with Crippen LogP contribution in [0.2, 0.25) is 0 Å². The van der Waals surface area contributed by atoms with Gasteiger partial charge in [0.25, 0.3) is 0 Å². The summed E-state index contributed by atoms with van der Waals surface area (Å²) in [4.78, 5) is 7.19. The van der Waals surface area contributed by atoms with Gasteiger partial charge >= 0.3 is 0 Å². The number of pyridine rings is 1.